The first kappa shape index (κ1) is 19.9. The number of amides is 1. The number of hydrogen-bond donors (Lipinski definition) is 1. The van der Waals surface area contributed by atoms with Gasteiger partial charge in [0.05, 0.1) is 17.6 Å². The van der Waals surface area contributed by atoms with E-state index in [-0.39, 0.29) is 0 Å². The Morgan fingerprint density at radius 3 is 2.71 bits per heavy atom. The van der Waals surface area contributed by atoms with Crippen LogP contribution in [0, 0.1) is 0 Å². The van der Waals surface area contributed by atoms with E-state index in [0.29, 0.717) is 19.1 Å². The maximum atomic E-state index is 10.4. The molecule has 0 aliphatic carbocycles. The van der Waals surface area contributed by atoms with Crippen molar-refractivity contribution >= 4 is 17.4 Å². The van der Waals surface area contributed by atoms with Gasteiger partial charge in [0.15, 0.2) is 0 Å². The van der Waals surface area contributed by atoms with Gasteiger partial charge in [0.2, 0.25) is 6.41 Å². The van der Waals surface area contributed by atoms with E-state index in [1.165, 1.54) is 5.56 Å². The summed E-state index contributed by atoms with van der Waals surface area (Å²) in [4.78, 5) is 15.2. The normalized spacial score (nSPS) is 12.1. The van der Waals surface area contributed by atoms with Gasteiger partial charge in [-0.3, -0.25) is 4.79 Å². The minimum atomic E-state index is 0.572. The number of aromatic nitrogens is 2. The molecule has 148 valence electrons. The summed E-state index contributed by atoms with van der Waals surface area (Å²) in [6.07, 6.45) is 3.56. The van der Waals surface area contributed by atoms with Gasteiger partial charge >= 0.3 is 0 Å². The third kappa shape index (κ3) is 4.91. The van der Waals surface area contributed by atoms with Crippen LogP contribution in [0.15, 0.2) is 48.5 Å². The van der Waals surface area contributed by atoms with Crippen molar-refractivity contribution in [2.24, 2.45) is 0 Å². The molecular formula is C23H29N3O2. The molecule has 1 heterocycles. The summed E-state index contributed by atoms with van der Waals surface area (Å²) in [6, 6.07) is 16.6. The van der Waals surface area contributed by atoms with E-state index in [1.807, 2.05) is 18.2 Å². The number of rotatable bonds is 11. The number of imidazole rings is 1. The molecule has 3 rings (SSSR count). The fourth-order valence-electron chi connectivity index (χ4n) is 3.36. The average Bonchev–Trinajstić information content (AvgIpc) is 3.09. The van der Waals surface area contributed by atoms with Crippen molar-refractivity contribution < 1.29 is 9.53 Å². The lowest BCUT2D eigenvalue weighted by Gasteiger charge is -2.12. The topological polar surface area (TPSA) is 56.1 Å². The van der Waals surface area contributed by atoms with Gasteiger partial charge in [-0.1, -0.05) is 38.1 Å². The highest BCUT2D eigenvalue weighted by Gasteiger charge is 2.10. The number of ether oxygens (including phenoxy) is 1. The van der Waals surface area contributed by atoms with Crippen molar-refractivity contribution in [1.82, 2.24) is 14.9 Å². The summed E-state index contributed by atoms with van der Waals surface area (Å²) in [5, 5.41) is 2.71. The van der Waals surface area contributed by atoms with E-state index in [1.54, 1.807) is 0 Å². The van der Waals surface area contributed by atoms with E-state index < -0.39 is 0 Å². The van der Waals surface area contributed by atoms with E-state index in [9.17, 15) is 4.79 Å². The second-order valence-corrected chi connectivity index (χ2v) is 7.07. The van der Waals surface area contributed by atoms with Crippen LogP contribution in [0.3, 0.4) is 0 Å². The third-order valence-electron chi connectivity index (χ3n) is 5.18. The molecule has 3 aromatic rings. The Bertz CT molecular complexity index is 887. The van der Waals surface area contributed by atoms with Crippen molar-refractivity contribution in [3.05, 3.63) is 59.9 Å². The number of nitrogens with one attached hydrogen (secondary N) is 1. The van der Waals surface area contributed by atoms with Crippen LogP contribution in [0.25, 0.3) is 11.0 Å². The predicted molar refractivity (Wildman–Crippen MR) is 113 cm³/mol. The summed E-state index contributed by atoms with van der Waals surface area (Å²) in [7, 11) is 0. The molecule has 5 heteroatoms. The first-order valence-electron chi connectivity index (χ1n) is 10.1. The Kier molecular flexibility index (Phi) is 7.06. The summed E-state index contributed by atoms with van der Waals surface area (Å²) in [5.74, 6) is 2.50. The van der Waals surface area contributed by atoms with Crippen LogP contribution < -0.4 is 10.1 Å². The zero-order valence-corrected chi connectivity index (χ0v) is 16.7. The highest BCUT2D eigenvalue weighted by molar-refractivity contribution is 5.75. The van der Waals surface area contributed by atoms with E-state index in [0.717, 1.165) is 54.8 Å². The van der Waals surface area contributed by atoms with E-state index >= 15 is 0 Å². The highest BCUT2D eigenvalue weighted by Crippen LogP contribution is 2.22. The number of hydrogen-bond acceptors (Lipinski definition) is 3. The first-order valence-corrected chi connectivity index (χ1v) is 10.1. The molecule has 0 aliphatic rings. The molecule has 1 amide bonds. The van der Waals surface area contributed by atoms with Crippen molar-refractivity contribution in [1.29, 1.82) is 0 Å². The number of carbonyl (C=O) groups excluding carboxylic acids is 1. The minimum absolute atomic E-state index is 0.572. The summed E-state index contributed by atoms with van der Waals surface area (Å²) in [6.45, 7) is 6.43. The van der Waals surface area contributed by atoms with Gasteiger partial charge in [-0.25, -0.2) is 4.98 Å². The van der Waals surface area contributed by atoms with E-state index in [4.69, 9.17) is 9.72 Å². The van der Waals surface area contributed by atoms with Gasteiger partial charge in [0, 0.05) is 13.0 Å². The summed E-state index contributed by atoms with van der Waals surface area (Å²) in [5.41, 5.74) is 3.47. The van der Waals surface area contributed by atoms with Crippen LogP contribution in [-0.2, 0) is 17.8 Å². The Morgan fingerprint density at radius 1 is 1.18 bits per heavy atom. The standard InChI is InChI=1S/C23H29N3O2/c1-3-18(2)19-10-12-20(13-11-19)28-16-15-26-22-8-5-4-7-21(22)25-23(26)9-6-14-24-17-27/h4-5,7-8,10-13,17-18H,3,6,9,14-16H2,1-2H3,(H,24,27)/t18-/m0/s1. The zero-order chi connectivity index (χ0) is 19.8. The first-order chi connectivity index (χ1) is 13.7. The molecule has 0 spiro atoms. The maximum absolute atomic E-state index is 10.4. The fourth-order valence-corrected chi connectivity index (χ4v) is 3.36. The molecule has 0 radical (unpaired) electrons. The maximum Gasteiger partial charge on any atom is 0.207 e. The number of fused-ring (bicyclic) bond motifs is 1. The number of aryl methyl sites for hydroxylation is 1. The Labute approximate surface area is 166 Å². The molecule has 28 heavy (non-hydrogen) atoms. The fraction of sp³-hybridized carbons (Fsp3) is 0.391. The van der Waals surface area contributed by atoms with E-state index in [2.05, 4.69) is 54.1 Å². The second-order valence-electron chi connectivity index (χ2n) is 7.07. The number of carbonyl (C=O) groups is 1. The molecule has 0 unspecified atom stereocenters. The largest absolute Gasteiger partial charge is 0.492 e. The predicted octanol–water partition coefficient (Wildman–Crippen LogP) is 4.31. The molecule has 0 bridgehead atoms. The van der Waals surface area contributed by atoms with Gasteiger partial charge in [-0.15, -0.1) is 0 Å². The monoisotopic (exact) mass is 379 g/mol. The van der Waals surface area contributed by atoms with Crippen molar-refractivity contribution in [2.45, 2.75) is 45.6 Å². The van der Waals surface area contributed by atoms with Crippen LogP contribution in [0.5, 0.6) is 5.75 Å². The molecule has 0 saturated heterocycles. The SMILES string of the molecule is CC[C@H](C)c1ccc(OCCn2c(CCCNC=O)nc3ccccc32)cc1. The van der Waals surface area contributed by atoms with Crippen LogP contribution >= 0.6 is 0 Å². The van der Waals surface area contributed by atoms with Crippen LogP contribution in [-0.4, -0.2) is 29.1 Å². The number of benzene rings is 2. The van der Waals surface area contributed by atoms with Gasteiger partial charge in [0.25, 0.3) is 0 Å². The lowest BCUT2D eigenvalue weighted by atomic mass is 9.99. The quantitative estimate of drug-likeness (QED) is 0.399. The van der Waals surface area contributed by atoms with Crippen LogP contribution in [0.2, 0.25) is 0 Å². The number of nitrogens with zero attached hydrogens (tertiary/aromatic N) is 2. The Hall–Kier alpha value is -2.82. The molecule has 1 atom stereocenters. The van der Waals surface area contributed by atoms with Gasteiger partial charge in [-0.05, 0) is 48.6 Å². The van der Waals surface area contributed by atoms with Crippen LogP contribution in [0.4, 0.5) is 0 Å². The van der Waals surface area contributed by atoms with Crippen molar-refractivity contribution in [3.8, 4) is 5.75 Å². The molecule has 2 aromatic carbocycles. The average molecular weight is 380 g/mol. The zero-order valence-electron chi connectivity index (χ0n) is 16.7. The third-order valence-corrected chi connectivity index (χ3v) is 5.18. The second kappa shape index (κ2) is 9.93. The van der Waals surface area contributed by atoms with Gasteiger partial charge < -0.3 is 14.6 Å². The molecule has 0 saturated carbocycles. The van der Waals surface area contributed by atoms with Crippen LogP contribution in [0.1, 0.15) is 44.0 Å². The molecule has 5 nitrogen and oxygen atoms in total. The molecular weight excluding hydrogens is 350 g/mol. The molecule has 1 aromatic heterocycles. The van der Waals surface area contributed by atoms with Gasteiger partial charge in [-0.2, -0.15) is 0 Å². The van der Waals surface area contributed by atoms with Crippen molar-refractivity contribution in [3.63, 3.8) is 0 Å². The lowest BCUT2D eigenvalue weighted by molar-refractivity contribution is -0.109. The summed E-state index contributed by atoms with van der Waals surface area (Å²) < 4.78 is 8.21. The van der Waals surface area contributed by atoms with Gasteiger partial charge in [0.1, 0.15) is 18.2 Å². The Morgan fingerprint density at radius 2 is 1.96 bits per heavy atom. The molecule has 0 fully saturated rings. The van der Waals surface area contributed by atoms with Crippen molar-refractivity contribution in [2.75, 3.05) is 13.2 Å². The molecule has 0 aliphatic heterocycles. The lowest BCUT2D eigenvalue weighted by Crippen LogP contribution is -2.15. The minimum Gasteiger partial charge on any atom is -0.492 e. The summed E-state index contributed by atoms with van der Waals surface area (Å²) >= 11 is 0. The molecule has 1 N–H and O–H groups in total. The number of para-hydroxylation sites is 2. The highest BCUT2D eigenvalue weighted by atomic mass is 16.5. The smallest absolute Gasteiger partial charge is 0.207 e. The Balaban J connectivity index is 1.64.